The van der Waals surface area contributed by atoms with Gasteiger partial charge in [-0.2, -0.15) is 5.26 Å². The van der Waals surface area contributed by atoms with Gasteiger partial charge in [0.1, 0.15) is 0 Å². The zero-order valence-corrected chi connectivity index (χ0v) is 18.3. The average molecular weight is 446 g/mol. The minimum Gasteiger partial charge on any atom is -0.490 e. The molecule has 3 aliphatic rings. The minimum atomic E-state index is -0.518. The van der Waals surface area contributed by atoms with Crippen LogP contribution in [-0.4, -0.2) is 80.9 Å². The van der Waals surface area contributed by atoms with E-state index in [-0.39, 0.29) is 24.5 Å². The summed E-state index contributed by atoms with van der Waals surface area (Å²) >= 11 is 0. The van der Waals surface area contributed by atoms with E-state index in [1.165, 1.54) is 0 Å². The first-order chi connectivity index (χ1) is 15.6. The maximum absolute atomic E-state index is 13.0. The van der Waals surface area contributed by atoms with E-state index < -0.39 is 6.10 Å². The Morgan fingerprint density at radius 2 is 2.03 bits per heavy atom. The molecule has 32 heavy (non-hydrogen) atoms. The second kappa shape index (κ2) is 11.0. The number of likely N-dealkylation sites (tertiary alicyclic amines) is 1. The van der Waals surface area contributed by atoms with E-state index >= 15 is 0 Å². The topological polar surface area (TPSA) is 113 Å². The number of fused-ring (bicyclic) bond motifs is 1. The van der Waals surface area contributed by atoms with Gasteiger partial charge in [0.25, 0.3) is 5.91 Å². The Labute approximate surface area is 188 Å². The van der Waals surface area contributed by atoms with Gasteiger partial charge in [-0.25, -0.2) is 0 Å². The Morgan fingerprint density at radius 1 is 1.22 bits per heavy atom. The number of carbonyl (C=O) groups is 1. The molecule has 1 amide bonds. The number of nitriles is 1. The number of hydrogen-bond acceptors (Lipinski definition) is 8. The lowest BCUT2D eigenvalue weighted by molar-refractivity contribution is -0.0576. The van der Waals surface area contributed by atoms with Crippen LogP contribution in [0.5, 0.6) is 11.5 Å². The smallest absolute Gasteiger partial charge is 0.255 e. The molecule has 0 bridgehead atoms. The van der Waals surface area contributed by atoms with E-state index in [1.54, 1.807) is 12.1 Å². The largest absolute Gasteiger partial charge is 0.490 e. The summed E-state index contributed by atoms with van der Waals surface area (Å²) in [6.07, 6.45) is 1.84. The molecule has 2 saturated heterocycles. The Morgan fingerprint density at radius 3 is 2.81 bits per heavy atom. The molecule has 0 aromatic heterocycles. The summed E-state index contributed by atoms with van der Waals surface area (Å²) in [6.45, 7) is 4.89. The van der Waals surface area contributed by atoms with Crippen LogP contribution in [-0.2, 0) is 15.9 Å². The van der Waals surface area contributed by atoms with Crippen LogP contribution in [0, 0.1) is 17.2 Å². The van der Waals surface area contributed by atoms with Gasteiger partial charge >= 0.3 is 0 Å². The Bertz CT molecular complexity index is 836. The first kappa shape index (κ1) is 22.8. The lowest BCUT2D eigenvalue weighted by atomic mass is 9.93. The summed E-state index contributed by atoms with van der Waals surface area (Å²) in [6, 6.07) is 5.57. The normalized spacial score (nSPS) is 24.0. The summed E-state index contributed by atoms with van der Waals surface area (Å²) in [7, 11) is 0. The van der Waals surface area contributed by atoms with Crippen LogP contribution >= 0.6 is 0 Å². The molecule has 2 N–H and O–H groups in total. The van der Waals surface area contributed by atoms with Crippen LogP contribution in [0.4, 0.5) is 0 Å². The van der Waals surface area contributed by atoms with Crippen molar-refractivity contribution in [1.82, 2.24) is 10.2 Å². The van der Waals surface area contributed by atoms with Gasteiger partial charge in [0, 0.05) is 38.4 Å². The zero-order chi connectivity index (χ0) is 22.3. The van der Waals surface area contributed by atoms with Crippen molar-refractivity contribution in [2.24, 2.45) is 5.92 Å². The maximum Gasteiger partial charge on any atom is 0.255 e. The van der Waals surface area contributed by atoms with Crippen LogP contribution in [0.25, 0.3) is 0 Å². The number of amides is 1. The molecule has 0 aliphatic carbocycles. The van der Waals surface area contributed by atoms with E-state index in [0.29, 0.717) is 62.1 Å². The highest BCUT2D eigenvalue weighted by atomic mass is 16.7. The highest BCUT2D eigenvalue weighted by Crippen LogP contribution is 2.35. The molecule has 0 saturated carbocycles. The number of aliphatic hydroxyl groups is 1. The molecule has 1 aromatic carbocycles. The predicted molar refractivity (Wildman–Crippen MR) is 115 cm³/mol. The van der Waals surface area contributed by atoms with Gasteiger partial charge in [-0.3, -0.25) is 4.79 Å². The SMILES string of the molecule is N#CCc1cc2c(c(C(=O)NC[C@@H]3CCN(CCC4OCCO4)C[C@H]3O)c1)OCCCO2. The van der Waals surface area contributed by atoms with Crippen LogP contribution in [0.2, 0.25) is 0 Å². The summed E-state index contributed by atoms with van der Waals surface area (Å²) in [4.78, 5) is 15.2. The van der Waals surface area contributed by atoms with Crippen LogP contribution in [0.3, 0.4) is 0 Å². The van der Waals surface area contributed by atoms with E-state index in [4.69, 9.17) is 24.2 Å². The molecule has 4 rings (SSSR count). The fourth-order valence-corrected chi connectivity index (χ4v) is 4.36. The molecule has 9 heteroatoms. The van der Waals surface area contributed by atoms with Crippen molar-refractivity contribution >= 4 is 5.91 Å². The molecule has 1 aromatic rings. The number of aliphatic hydroxyl groups excluding tert-OH is 1. The number of piperidine rings is 1. The zero-order valence-electron chi connectivity index (χ0n) is 18.3. The molecular formula is C23H31N3O6. The molecule has 2 fully saturated rings. The second-order valence-electron chi connectivity index (χ2n) is 8.44. The lowest BCUT2D eigenvalue weighted by Gasteiger charge is -2.36. The van der Waals surface area contributed by atoms with E-state index in [1.807, 2.05) is 0 Å². The standard InChI is InChI=1S/C23H31N3O6/c24-5-2-16-12-18(22-20(13-16)29-8-1-9-32-22)23(28)25-14-17-3-6-26(15-19(17)27)7-4-21-30-10-11-31-21/h12-13,17,19,21,27H,1-4,6-11,14-15H2,(H,25,28)/t17-,19+/m0/s1. The van der Waals surface area contributed by atoms with Crippen LogP contribution in [0.15, 0.2) is 12.1 Å². The molecular weight excluding hydrogens is 414 g/mol. The Kier molecular flexibility index (Phi) is 7.81. The first-order valence-corrected chi connectivity index (χ1v) is 11.4. The highest BCUT2D eigenvalue weighted by molar-refractivity contribution is 5.98. The van der Waals surface area contributed by atoms with Gasteiger partial charge in [0.05, 0.1) is 50.6 Å². The number of β-amino-alcohol motifs (C(OH)–C–C–N with tert-alkyl or cyclic N) is 1. The fraction of sp³-hybridized carbons (Fsp3) is 0.652. The monoisotopic (exact) mass is 445 g/mol. The van der Waals surface area contributed by atoms with Gasteiger partial charge in [-0.05, 0) is 30.7 Å². The molecule has 174 valence electrons. The first-order valence-electron chi connectivity index (χ1n) is 11.4. The highest BCUT2D eigenvalue weighted by Gasteiger charge is 2.29. The number of hydrogen-bond donors (Lipinski definition) is 2. The van der Waals surface area contributed by atoms with Crippen molar-refractivity contribution in [1.29, 1.82) is 5.26 Å². The van der Waals surface area contributed by atoms with Crippen molar-refractivity contribution in [2.75, 3.05) is 52.6 Å². The quantitative estimate of drug-likeness (QED) is 0.641. The average Bonchev–Trinajstić information content (AvgIpc) is 3.20. The minimum absolute atomic E-state index is 0.0211. The molecule has 0 radical (unpaired) electrons. The third-order valence-corrected chi connectivity index (χ3v) is 6.14. The van der Waals surface area contributed by atoms with Gasteiger partial charge in [-0.15, -0.1) is 0 Å². The van der Waals surface area contributed by atoms with Gasteiger partial charge in [0.2, 0.25) is 0 Å². The third-order valence-electron chi connectivity index (χ3n) is 6.14. The van der Waals surface area contributed by atoms with Crippen molar-refractivity contribution < 1.29 is 28.8 Å². The molecule has 0 unspecified atom stereocenters. The molecule has 0 spiro atoms. The number of nitrogens with zero attached hydrogens (tertiary/aromatic N) is 2. The summed E-state index contributed by atoms with van der Waals surface area (Å²) in [5.41, 5.74) is 1.09. The second-order valence-corrected chi connectivity index (χ2v) is 8.44. The number of rotatable bonds is 7. The summed E-state index contributed by atoms with van der Waals surface area (Å²) < 4.78 is 22.5. The van der Waals surface area contributed by atoms with E-state index in [0.717, 1.165) is 32.4 Å². The summed E-state index contributed by atoms with van der Waals surface area (Å²) in [5.74, 6) is 0.626. The van der Waals surface area contributed by atoms with Crippen LogP contribution in [0.1, 0.15) is 35.2 Å². The van der Waals surface area contributed by atoms with Gasteiger partial charge < -0.3 is 34.3 Å². The maximum atomic E-state index is 13.0. The molecule has 3 heterocycles. The van der Waals surface area contributed by atoms with E-state index in [9.17, 15) is 9.90 Å². The number of nitrogens with one attached hydrogen (secondary N) is 1. The number of ether oxygens (including phenoxy) is 4. The van der Waals surface area contributed by atoms with Crippen LogP contribution < -0.4 is 14.8 Å². The molecule has 3 aliphatic heterocycles. The van der Waals surface area contributed by atoms with Gasteiger partial charge in [0.15, 0.2) is 17.8 Å². The van der Waals surface area contributed by atoms with Crippen molar-refractivity contribution in [3.05, 3.63) is 23.3 Å². The number of benzene rings is 1. The van der Waals surface area contributed by atoms with E-state index in [2.05, 4.69) is 16.3 Å². The van der Waals surface area contributed by atoms with Crippen molar-refractivity contribution in [3.8, 4) is 17.6 Å². The Balaban J connectivity index is 1.32. The Hall–Kier alpha value is -2.38. The van der Waals surface area contributed by atoms with Crippen molar-refractivity contribution in [2.45, 2.75) is 38.1 Å². The van der Waals surface area contributed by atoms with Crippen molar-refractivity contribution in [3.63, 3.8) is 0 Å². The molecule has 9 nitrogen and oxygen atoms in total. The predicted octanol–water partition coefficient (Wildman–Crippen LogP) is 1.09. The molecule has 2 atom stereocenters. The fourth-order valence-electron chi connectivity index (χ4n) is 4.36. The lowest BCUT2D eigenvalue weighted by Crippen LogP contribution is -2.48. The summed E-state index contributed by atoms with van der Waals surface area (Å²) in [5, 5.41) is 22.6. The number of carbonyl (C=O) groups excluding carboxylic acids is 1. The van der Waals surface area contributed by atoms with Gasteiger partial charge in [-0.1, -0.05) is 0 Å². The third kappa shape index (κ3) is 5.70.